The van der Waals surface area contributed by atoms with Crippen molar-refractivity contribution in [3.05, 3.63) is 41.2 Å². The number of hydrogen-bond donors (Lipinski definition) is 0. The summed E-state index contributed by atoms with van der Waals surface area (Å²) in [6, 6.07) is 6.53. The standard InChI is InChI=1S/C15H15FO2/c1-4-11-7-12-5-6-13(16)8-14(12)15(9(11)2)18-10(3)17/h5-8H,4H2,1-3H3. The van der Waals surface area contributed by atoms with Crippen LogP contribution in [0.3, 0.4) is 0 Å². The monoisotopic (exact) mass is 246 g/mol. The highest BCUT2D eigenvalue weighted by Crippen LogP contribution is 2.33. The maximum Gasteiger partial charge on any atom is 0.308 e. The summed E-state index contributed by atoms with van der Waals surface area (Å²) in [5, 5.41) is 1.52. The van der Waals surface area contributed by atoms with Crippen molar-refractivity contribution in [2.45, 2.75) is 27.2 Å². The predicted octanol–water partition coefficient (Wildman–Crippen LogP) is 3.78. The number of hydrogen-bond acceptors (Lipinski definition) is 2. The van der Waals surface area contributed by atoms with E-state index in [1.165, 1.54) is 19.1 Å². The van der Waals surface area contributed by atoms with Gasteiger partial charge in [0.25, 0.3) is 0 Å². The Morgan fingerprint density at radius 2 is 2.06 bits per heavy atom. The van der Waals surface area contributed by atoms with Gasteiger partial charge in [0.15, 0.2) is 0 Å². The summed E-state index contributed by atoms with van der Waals surface area (Å²) in [7, 11) is 0. The first-order chi connectivity index (χ1) is 8.52. The van der Waals surface area contributed by atoms with Crippen LogP contribution in [-0.4, -0.2) is 5.97 Å². The zero-order valence-corrected chi connectivity index (χ0v) is 10.7. The topological polar surface area (TPSA) is 26.3 Å². The molecule has 2 aromatic carbocycles. The highest BCUT2D eigenvalue weighted by atomic mass is 19.1. The van der Waals surface area contributed by atoms with Crippen molar-refractivity contribution in [3.8, 4) is 5.75 Å². The number of ether oxygens (including phenoxy) is 1. The Morgan fingerprint density at radius 3 is 2.67 bits per heavy atom. The minimum Gasteiger partial charge on any atom is -0.426 e. The molecule has 0 aromatic heterocycles. The maximum atomic E-state index is 13.3. The van der Waals surface area contributed by atoms with Crippen LogP contribution in [0.2, 0.25) is 0 Å². The van der Waals surface area contributed by atoms with E-state index in [9.17, 15) is 9.18 Å². The summed E-state index contributed by atoms with van der Waals surface area (Å²) >= 11 is 0. The minimum atomic E-state index is -0.392. The van der Waals surface area contributed by atoms with Crippen molar-refractivity contribution in [2.24, 2.45) is 0 Å². The van der Waals surface area contributed by atoms with Crippen LogP contribution in [-0.2, 0) is 11.2 Å². The van der Waals surface area contributed by atoms with E-state index in [0.29, 0.717) is 11.1 Å². The number of carbonyl (C=O) groups excluding carboxylic acids is 1. The molecule has 0 aliphatic carbocycles. The van der Waals surface area contributed by atoms with E-state index in [-0.39, 0.29) is 5.82 Å². The van der Waals surface area contributed by atoms with Crippen LogP contribution in [0.4, 0.5) is 4.39 Å². The largest absolute Gasteiger partial charge is 0.426 e. The first kappa shape index (κ1) is 12.6. The van der Waals surface area contributed by atoms with Crippen LogP contribution >= 0.6 is 0 Å². The van der Waals surface area contributed by atoms with Gasteiger partial charge in [-0.25, -0.2) is 4.39 Å². The molecule has 0 aliphatic rings. The summed E-state index contributed by atoms with van der Waals surface area (Å²) in [6.45, 7) is 5.28. The molecule has 0 aliphatic heterocycles. The number of carbonyl (C=O) groups is 1. The number of benzene rings is 2. The highest BCUT2D eigenvalue weighted by molar-refractivity contribution is 5.92. The van der Waals surface area contributed by atoms with Gasteiger partial charge in [-0.15, -0.1) is 0 Å². The molecule has 3 heteroatoms. The zero-order chi connectivity index (χ0) is 13.3. The SMILES string of the molecule is CCc1cc2ccc(F)cc2c(OC(C)=O)c1C. The van der Waals surface area contributed by atoms with Crippen molar-refractivity contribution in [1.82, 2.24) is 0 Å². The van der Waals surface area contributed by atoms with E-state index in [4.69, 9.17) is 4.74 Å². The number of rotatable bonds is 2. The maximum absolute atomic E-state index is 13.3. The lowest BCUT2D eigenvalue weighted by atomic mass is 9.98. The van der Waals surface area contributed by atoms with Crippen LogP contribution < -0.4 is 4.74 Å². The number of aryl methyl sites for hydroxylation is 1. The average molecular weight is 246 g/mol. The Hall–Kier alpha value is -1.90. The molecule has 18 heavy (non-hydrogen) atoms. The van der Waals surface area contributed by atoms with Gasteiger partial charge in [0.2, 0.25) is 0 Å². The molecule has 0 saturated carbocycles. The number of halogens is 1. The molecule has 0 fully saturated rings. The van der Waals surface area contributed by atoms with Gasteiger partial charge in [-0.05, 0) is 42.0 Å². The molecular weight excluding hydrogens is 231 g/mol. The van der Waals surface area contributed by atoms with Crippen LogP contribution in [0.5, 0.6) is 5.75 Å². The third kappa shape index (κ3) is 2.21. The molecule has 0 atom stereocenters. The number of fused-ring (bicyclic) bond motifs is 1. The molecule has 0 radical (unpaired) electrons. The van der Waals surface area contributed by atoms with Gasteiger partial charge < -0.3 is 4.74 Å². The molecule has 2 aromatic rings. The van der Waals surface area contributed by atoms with E-state index in [0.717, 1.165) is 22.9 Å². The van der Waals surface area contributed by atoms with E-state index in [2.05, 4.69) is 0 Å². The van der Waals surface area contributed by atoms with Crippen molar-refractivity contribution in [3.63, 3.8) is 0 Å². The van der Waals surface area contributed by atoms with Crippen molar-refractivity contribution in [1.29, 1.82) is 0 Å². The molecule has 0 N–H and O–H groups in total. The molecule has 0 unspecified atom stereocenters. The van der Waals surface area contributed by atoms with Crippen molar-refractivity contribution in [2.75, 3.05) is 0 Å². The minimum absolute atomic E-state index is 0.334. The smallest absolute Gasteiger partial charge is 0.308 e. The van der Waals surface area contributed by atoms with E-state index in [1.807, 2.05) is 19.9 Å². The second-order valence-corrected chi connectivity index (χ2v) is 4.30. The lowest BCUT2D eigenvalue weighted by molar-refractivity contribution is -0.131. The molecule has 0 amide bonds. The predicted molar refractivity (Wildman–Crippen MR) is 69.3 cm³/mol. The zero-order valence-electron chi connectivity index (χ0n) is 10.7. The van der Waals surface area contributed by atoms with Gasteiger partial charge in [0.05, 0.1) is 0 Å². The lowest BCUT2D eigenvalue weighted by Gasteiger charge is -2.13. The highest BCUT2D eigenvalue weighted by Gasteiger charge is 2.13. The molecule has 0 bridgehead atoms. The van der Waals surface area contributed by atoms with Crippen LogP contribution in [0.25, 0.3) is 10.8 Å². The Labute approximate surface area is 105 Å². The van der Waals surface area contributed by atoms with E-state index >= 15 is 0 Å². The molecule has 0 saturated heterocycles. The van der Waals surface area contributed by atoms with Crippen LogP contribution in [0, 0.1) is 12.7 Å². The fourth-order valence-corrected chi connectivity index (χ4v) is 2.14. The first-order valence-corrected chi connectivity index (χ1v) is 5.93. The summed E-state index contributed by atoms with van der Waals surface area (Å²) in [4.78, 5) is 11.2. The summed E-state index contributed by atoms with van der Waals surface area (Å²) in [6.07, 6.45) is 0.841. The van der Waals surface area contributed by atoms with Crippen molar-refractivity contribution >= 4 is 16.7 Å². The fourth-order valence-electron chi connectivity index (χ4n) is 2.14. The normalized spacial score (nSPS) is 10.7. The van der Waals surface area contributed by atoms with E-state index in [1.54, 1.807) is 6.07 Å². The second-order valence-electron chi connectivity index (χ2n) is 4.30. The third-order valence-corrected chi connectivity index (χ3v) is 3.04. The van der Waals surface area contributed by atoms with Crippen molar-refractivity contribution < 1.29 is 13.9 Å². The van der Waals surface area contributed by atoms with E-state index < -0.39 is 5.97 Å². The molecule has 2 rings (SSSR count). The first-order valence-electron chi connectivity index (χ1n) is 5.93. The van der Waals surface area contributed by atoms with Gasteiger partial charge in [-0.3, -0.25) is 4.79 Å². The summed E-state index contributed by atoms with van der Waals surface area (Å²) < 4.78 is 18.6. The lowest BCUT2D eigenvalue weighted by Crippen LogP contribution is -2.05. The third-order valence-electron chi connectivity index (χ3n) is 3.04. The van der Waals surface area contributed by atoms with Gasteiger partial charge in [-0.2, -0.15) is 0 Å². The Bertz CT molecular complexity index is 617. The van der Waals surface area contributed by atoms with Crippen LogP contribution in [0.15, 0.2) is 24.3 Å². The molecule has 0 heterocycles. The average Bonchev–Trinajstić information content (AvgIpc) is 2.32. The second kappa shape index (κ2) is 4.77. The Balaban J connectivity index is 2.78. The summed E-state index contributed by atoms with van der Waals surface area (Å²) in [5.41, 5.74) is 2.00. The van der Waals surface area contributed by atoms with Gasteiger partial charge in [0, 0.05) is 12.3 Å². The van der Waals surface area contributed by atoms with Gasteiger partial charge in [-0.1, -0.05) is 19.1 Å². The Kier molecular flexibility index (Phi) is 3.32. The molecular formula is C15H15FO2. The van der Waals surface area contributed by atoms with Crippen LogP contribution in [0.1, 0.15) is 25.0 Å². The summed E-state index contributed by atoms with van der Waals surface area (Å²) in [5.74, 6) is -0.257. The molecule has 94 valence electrons. The van der Waals surface area contributed by atoms with Gasteiger partial charge >= 0.3 is 5.97 Å². The van der Waals surface area contributed by atoms with Gasteiger partial charge in [0.1, 0.15) is 11.6 Å². The Morgan fingerprint density at radius 1 is 1.33 bits per heavy atom. The quantitative estimate of drug-likeness (QED) is 0.595. The molecule has 0 spiro atoms. The molecule has 2 nitrogen and oxygen atoms in total. The number of esters is 1. The fraction of sp³-hybridized carbons (Fsp3) is 0.267.